The van der Waals surface area contributed by atoms with Crippen LogP contribution in [0.4, 0.5) is 5.13 Å². The summed E-state index contributed by atoms with van der Waals surface area (Å²) in [6, 6.07) is 7.42. The molecule has 0 aliphatic carbocycles. The van der Waals surface area contributed by atoms with Crippen LogP contribution < -0.4 is 4.72 Å². The van der Waals surface area contributed by atoms with Gasteiger partial charge in [0.25, 0.3) is 0 Å². The molecule has 1 aromatic carbocycles. The quantitative estimate of drug-likeness (QED) is 0.815. The first-order valence-corrected chi connectivity index (χ1v) is 9.75. The van der Waals surface area contributed by atoms with Crippen LogP contribution in [0, 0.1) is 6.92 Å². The van der Waals surface area contributed by atoms with Crippen molar-refractivity contribution in [2.75, 3.05) is 4.72 Å². The summed E-state index contributed by atoms with van der Waals surface area (Å²) in [6.07, 6.45) is 0. The van der Waals surface area contributed by atoms with Crippen LogP contribution in [0.1, 0.15) is 25.0 Å². The molecular formula is C13H17N3O2S3. The highest BCUT2D eigenvalue weighted by Gasteiger charge is 2.15. The predicted octanol–water partition coefficient (Wildman–Crippen LogP) is 3.29. The van der Waals surface area contributed by atoms with Gasteiger partial charge in [-0.3, -0.25) is 4.72 Å². The topological polar surface area (TPSA) is 72.0 Å². The van der Waals surface area contributed by atoms with Gasteiger partial charge >= 0.3 is 0 Å². The van der Waals surface area contributed by atoms with Crippen molar-refractivity contribution in [3.05, 3.63) is 35.4 Å². The van der Waals surface area contributed by atoms with Crippen LogP contribution in [0.3, 0.4) is 0 Å². The summed E-state index contributed by atoms with van der Waals surface area (Å²) in [4.78, 5) is 0. The van der Waals surface area contributed by atoms with E-state index in [9.17, 15) is 8.42 Å². The minimum absolute atomic E-state index is 0.0699. The number of sulfonamides is 1. The summed E-state index contributed by atoms with van der Waals surface area (Å²) in [5.41, 5.74) is 1.85. The average Bonchev–Trinajstić information content (AvgIpc) is 2.77. The van der Waals surface area contributed by atoms with Crippen LogP contribution in [0.25, 0.3) is 0 Å². The Kier molecular flexibility index (Phi) is 5.23. The summed E-state index contributed by atoms with van der Waals surface area (Å²) >= 11 is 2.81. The Hall–Kier alpha value is -1.12. The number of aromatic nitrogens is 2. The van der Waals surface area contributed by atoms with Gasteiger partial charge in [-0.1, -0.05) is 66.8 Å². The Morgan fingerprint density at radius 1 is 1.24 bits per heavy atom. The summed E-state index contributed by atoms with van der Waals surface area (Å²) in [6.45, 7) is 6.06. The van der Waals surface area contributed by atoms with Crippen molar-refractivity contribution in [2.24, 2.45) is 0 Å². The fourth-order valence-corrected chi connectivity index (χ4v) is 4.96. The molecule has 0 saturated carbocycles. The maximum absolute atomic E-state index is 12.1. The molecule has 0 bridgehead atoms. The van der Waals surface area contributed by atoms with Gasteiger partial charge in [0, 0.05) is 5.25 Å². The number of hydrogen-bond donors (Lipinski definition) is 1. The van der Waals surface area contributed by atoms with Crippen molar-refractivity contribution in [3.63, 3.8) is 0 Å². The normalized spacial score (nSPS) is 11.8. The Labute approximate surface area is 133 Å². The van der Waals surface area contributed by atoms with Crippen molar-refractivity contribution in [1.82, 2.24) is 10.2 Å². The number of aryl methyl sites for hydroxylation is 1. The maximum atomic E-state index is 12.1. The molecule has 1 aromatic heterocycles. The molecule has 2 rings (SSSR count). The molecule has 114 valence electrons. The third-order valence-corrected chi connectivity index (χ3v) is 5.74. The molecule has 0 aliphatic heterocycles. The van der Waals surface area contributed by atoms with Crippen molar-refractivity contribution < 1.29 is 8.42 Å². The lowest BCUT2D eigenvalue weighted by atomic mass is 10.2. The minimum Gasteiger partial charge on any atom is -0.257 e. The van der Waals surface area contributed by atoms with E-state index in [2.05, 4.69) is 14.9 Å². The number of hydrogen-bond acceptors (Lipinski definition) is 6. The zero-order chi connectivity index (χ0) is 15.5. The average molecular weight is 343 g/mol. The Balaban J connectivity index is 2.03. The Morgan fingerprint density at radius 3 is 2.52 bits per heavy atom. The molecule has 0 atom stereocenters. The number of thioether (sulfide) groups is 1. The first-order valence-electron chi connectivity index (χ1n) is 6.40. The predicted molar refractivity (Wildman–Crippen MR) is 88.3 cm³/mol. The van der Waals surface area contributed by atoms with E-state index in [1.807, 2.05) is 45.0 Å². The molecular weight excluding hydrogens is 326 g/mol. The molecule has 1 N–H and O–H groups in total. The minimum atomic E-state index is -3.47. The van der Waals surface area contributed by atoms with E-state index in [4.69, 9.17) is 0 Å². The van der Waals surface area contributed by atoms with Gasteiger partial charge in [0.05, 0.1) is 5.75 Å². The van der Waals surface area contributed by atoms with Crippen LogP contribution in [-0.2, 0) is 15.8 Å². The first kappa shape index (κ1) is 16.3. The van der Waals surface area contributed by atoms with E-state index in [0.29, 0.717) is 10.4 Å². The number of anilines is 1. The zero-order valence-electron chi connectivity index (χ0n) is 12.0. The highest BCUT2D eigenvalue weighted by atomic mass is 32.2. The third kappa shape index (κ3) is 5.29. The van der Waals surface area contributed by atoms with Gasteiger partial charge in [-0.15, -0.1) is 10.2 Å². The summed E-state index contributed by atoms with van der Waals surface area (Å²) in [5, 5.41) is 8.53. The van der Waals surface area contributed by atoms with Gasteiger partial charge in [0.2, 0.25) is 15.2 Å². The van der Waals surface area contributed by atoms with Crippen molar-refractivity contribution in [3.8, 4) is 0 Å². The van der Waals surface area contributed by atoms with E-state index in [-0.39, 0.29) is 5.75 Å². The Morgan fingerprint density at radius 2 is 1.90 bits per heavy atom. The number of rotatable bonds is 6. The van der Waals surface area contributed by atoms with Crippen molar-refractivity contribution >= 4 is 38.3 Å². The molecule has 8 heteroatoms. The second kappa shape index (κ2) is 6.76. The third-order valence-electron chi connectivity index (χ3n) is 2.46. The second-order valence-electron chi connectivity index (χ2n) is 4.89. The van der Waals surface area contributed by atoms with Gasteiger partial charge in [-0.05, 0) is 12.5 Å². The number of benzene rings is 1. The van der Waals surface area contributed by atoms with Crippen LogP contribution in [0.5, 0.6) is 0 Å². The van der Waals surface area contributed by atoms with Crippen LogP contribution in [-0.4, -0.2) is 23.9 Å². The first-order chi connectivity index (χ1) is 9.84. The lowest BCUT2D eigenvalue weighted by molar-refractivity contribution is 0.600. The monoisotopic (exact) mass is 343 g/mol. The maximum Gasteiger partial charge on any atom is 0.238 e. The largest absolute Gasteiger partial charge is 0.257 e. The number of nitrogens with one attached hydrogen (secondary N) is 1. The molecule has 0 amide bonds. The molecule has 5 nitrogen and oxygen atoms in total. The highest BCUT2D eigenvalue weighted by Crippen LogP contribution is 2.29. The number of nitrogens with zero attached hydrogens (tertiary/aromatic N) is 2. The standard InChI is InChI=1S/C13H17N3O2S3/c1-9(2)19-13-15-14-12(20-13)16-21(17,18)8-11-6-4-10(3)5-7-11/h4-7,9H,8H2,1-3H3,(H,14,16). The van der Waals surface area contributed by atoms with E-state index < -0.39 is 10.0 Å². The van der Waals surface area contributed by atoms with Crippen molar-refractivity contribution in [1.29, 1.82) is 0 Å². The van der Waals surface area contributed by atoms with Crippen LogP contribution in [0.2, 0.25) is 0 Å². The fourth-order valence-electron chi connectivity index (χ4n) is 1.57. The summed E-state index contributed by atoms with van der Waals surface area (Å²) in [7, 11) is -3.47. The zero-order valence-corrected chi connectivity index (χ0v) is 14.5. The molecule has 1 heterocycles. The molecule has 0 fully saturated rings. The lowest BCUT2D eigenvalue weighted by Crippen LogP contribution is -2.14. The molecule has 0 spiro atoms. The molecule has 2 aromatic rings. The van der Waals surface area contributed by atoms with Gasteiger partial charge in [0.15, 0.2) is 4.34 Å². The van der Waals surface area contributed by atoms with E-state index in [1.165, 1.54) is 11.3 Å². The molecule has 0 saturated heterocycles. The fraction of sp³-hybridized carbons (Fsp3) is 0.385. The second-order valence-corrected chi connectivity index (χ2v) is 9.41. The van der Waals surface area contributed by atoms with Gasteiger partial charge in [0.1, 0.15) is 0 Å². The smallest absolute Gasteiger partial charge is 0.238 e. The summed E-state index contributed by atoms with van der Waals surface area (Å²) < 4.78 is 27.5. The van der Waals surface area contributed by atoms with E-state index >= 15 is 0 Å². The summed E-state index contributed by atoms with van der Waals surface area (Å²) in [5.74, 6) is -0.0699. The molecule has 0 unspecified atom stereocenters. The Bertz CT molecular complexity index is 694. The van der Waals surface area contributed by atoms with Crippen LogP contribution >= 0.6 is 23.1 Å². The molecule has 21 heavy (non-hydrogen) atoms. The van der Waals surface area contributed by atoms with Gasteiger partial charge in [-0.25, -0.2) is 8.42 Å². The van der Waals surface area contributed by atoms with Crippen molar-refractivity contribution in [2.45, 2.75) is 36.1 Å². The van der Waals surface area contributed by atoms with Gasteiger partial charge < -0.3 is 0 Å². The van der Waals surface area contributed by atoms with Crippen LogP contribution in [0.15, 0.2) is 28.6 Å². The van der Waals surface area contributed by atoms with Gasteiger partial charge in [-0.2, -0.15) is 0 Å². The highest BCUT2D eigenvalue weighted by molar-refractivity contribution is 8.01. The SMILES string of the molecule is Cc1ccc(CS(=O)(=O)Nc2nnc(SC(C)C)s2)cc1. The molecule has 0 aliphatic rings. The lowest BCUT2D eigenvalue weighted by Gasteiger charge is -2.05. The molecule has 0 radical (unpaired) electrons. The van der Waals surface area contributed by atoms with E-state index in [0.717, 1.165) is 15.5 Å². The van der Waals surface area contributed by atoms with E-state index in [1.54, 1.807) is 11.8 Å².